The Kier molecular flexibility index (Phi) is 3.95. The molecular formula is C17H13N5O2S. The Labute approximate surface area is 147 Å². The largest absolute Gasteiger partial charge is 0.304 e. The summed E-state index contributed by atoms with van der Waals surface area (Å²) in [5.41, 5.74) is 5.09. The number of nitro groups is 1. The topological polar surface area (TPSA) is 85.9 Å². The van der Waals surface area contributed by atoms with Crippen molar-refractivity contribution in [2.24, 2.45) is 0 Å². The fourth-order valence-electron chi connectivity index (χ4n) is 2.52. The number of nitrogens with one attached hydrogen (secondary N) is 1. The second-order valence-electron chi connectivity index (χ2n) is 5.39. The van der Waals surface area contributed by atoms with E-state index in [1.54, 1.807) is 16.8 Å². The molecule has 0 bridgehead atoms. The van der Waals surface area contributed by atoms with E-state index in [0.717, 1.165) is 10.7 Å². The van der Waals surface area contributed by atoms with Gasteiger partial charge in [-0.2, -0.15) is 0 Å². The van der Waals surface area contributed by atoms with Crippen molar-refractivity contribution in [3.8, 4) is 11.4 Å². The molecule has 1 aromatic heterocycles. The maximum absolute atomic E-state index is 11.0. The van der Waals surface area contributed by atoms with Crippen LogP contribution >= 0.6 is 11.8 Å². The molecular weight excluding hydrogens is 338 g/mol. The molecule has 0 saturated carbocycles. The quantitative estimate of drug-likeness (QED) is 0.571. The zero-order valence-electron chi connectivity index (χ0n) is 12.9. The molecule has 0 fully saturated rings. The molecule has 0 spiro atoms. The van der Waals surface area contributed by atoms with Crippen LogP contribution < -0.4 is 5.43 Å². The van der Waals surface area contributed by atoms with Crippen LogP contribution in [0, 0.1) is 10.1 Å². The maximum atomic E-state index is 11.0. The smallest absolute Gasteiger partial charge is 0.270 e. The highest BCUT2D eigenvalue weighted by Gasteiger charge is 2.25. The number of nitrogens with zero attached hydrogens (tertiary/aromatic N) is 4. The van der Waals surface area contributed by atoms with Crippen LogP contribution in [0.3, 0.4) is 0 Å². The van der Waals surface area contributed by atoms with Crippen molar-refractivity contribution in [3.63, 3.8) is 0 Å². The summed E-state index contributed by atoms with van der Waals surface area (Å²) in [5.74, 6) is 0.557. The molecule has 2 heterocycles. The van der Waals surface area contributed by atoms with Crippen molar-refractivity contribution in [1.82, 2.24) is 14.9 Å². The third-order valence-electron chi connectivity index (χ3n) is 3.70. The fraction of sp³-hybridized carbons (Fsp3) is 0.0588. The third kappa shape index (κ3) is 3.11. The average molecular weight is 351 g/mol. The van der Waals surface area contributed by atoms with Crippen LogP contribution in [-0.2, 0) is 0 Å². The minimum absolute atomic E-state index is 0.0168. The molecule has 1 aliphatic heterocycles. The number of thioether (sulfide) groups is 1. The second kappa shape index (κ2) is 6.40. The molecule has 1 N–H and O–H groups in total. The number of nitro benzene ring substituents is 1. The van der Waals surface area contributed by atoms with Gasteiger partial charge >= 0.3 is 0 Å². The summed E-state index contributed by atoms with van der Waals surface area (Å²) in [4.78, 5) is 10.5. The Morgan fingerprint density at radius 2 is 2.00 bits per heavy atom. The lowest BCUT2D eigenvalue weighted by Crippen LogP contribution is -2.17. The van der Waals surface area contributed by atoms with Crippen LogP contribution in [0.15, 0.2) is 65.8 Å². The molecule has 2 aromatic carbocycles. The fourth-order valence-corrected chi connectivity index (χ4v) is 3.40. The van der Waals surface area contributed by atoms with E-state index in [-0.39, 0.29) is 11.1 Å². The number of non-ortho nitro benzene ring substituents is 1. The Morgan fingerprint density at radius 1 is 1.16 bits per heavy atom. The van der Waals surface area contributed by atoms with Gasteiger partial charge in [-0.1, -0.05) is 60.3 Å². The van der Waals surface area contributed by atoms with Gasteiger partial charge in [0, 0.05) is 17.7 Å². The van der Waals surface area contributed by atoms with Gasteiger partial charge in [-0.15, -0.1) is 10.2 Å². The van der Waals surface area contributed by atoms with Crippen molar-refractivity contribution < 1.29 is 4.92 Å². The molecule has 8 heteroatoms. The van der Waals surface area contributed by atoms with E-state index in [1.165, 1.54) is 23.9 Å². The second-order valence-corrected chi connectivity index (χ2v) is 6.50. The van der Waals surface area contributed by atoms with Crippen LogP contribution in [0.2, 0.25) is 0 Å². The van der Waals surface area contributed by atoms with E-state index < -0.39 is 4.92 Å². The zero-order valence-corrected chi connectivity index (χ0v) is 13.8. The lowest BCUT2D eigenvalue weighted by Gasteiger charge is -2.08. The van der Waals surface area contributed by atoms with E-state index in [2.05, 4.69) is 15.6 Å². The molecule has 3 aromatic rings. The van der Waals surface area contributed by atoms with Crippen molar-refractivity contribution in [3.05, 3.63) is 76.4 Å². The van der Waals surface area contributed by atoms with Crippen LogP contribution in [0.25, 0.3) is 17.5 Å². The van der Waals surface area contributed by atoms with E-state index >= 15 is 0 Å². The lowest BCUT2D eigenvalue weighted by atomic mass is 10.2. The van der Waals surface area contributed by atoms with Crippen molar-refractivity contribution >= 4 is 23.5 Å². The number of hydrogen-bond donors (Lipinski definition) is 1. The zero-order chi connectivity index (χ0) is 17.2. The number of fused-ring (bicyclic) bond motifs is 1. The van der Waals surface area contributed by atoms with E-state index in [9.17, 15) is 10.1 Å². The predicted molar refractivity (Wildman–Crippen MR) is 96.6 cm³/mol. The van der Waals surface area contributed by atoms with Gasteiger partial charge in [0.05, 0.1) is 4.92 Å². The molecule has 1 aliphatic rings. The van der Waals surface area contributed by atoms with Crippen LogP contribution in [0.1, 0.15) is 5.56 Å². The summed E-state index contributed by atoms with van der Waals surface area (Å²) in [6.45, 7) is 0. The number of benzene rings is 2. The lowest BCUT2D eigenvalue weighted by molar-refractivity contribution is -0.384. The standard InChI is InChI=1S/C17H13N5O2S/c23-22(24)14-8-4-7-13(11-14)16-18-19-17-21(16)20-15(25-17)10-9-12-5-2-1-3-6-12/h1-11,15,20H/b10-9+/t15-/m0/s1. The Hall–Kier alpha value is -3.13. The van der Waals surface area contributed by atoms with Gasteiger partial charge in [-0.25, -0.2) is 4.68 Å². The molecule has 0 aliphatic carbocycles. The molecule has 25 heavy (non-hydrogen) atoms. The normalized spacial score (nSPS) is 15.9. The first kappa shape index (κ1) is 15.4. The monoisotopic (exact) mass is 351 g/mol. The molecule has 0 radical (unpaired) electrons. The number of rotatable bonds is 4. The highest BCUT2D eigenvalue weighted by Crippen LogP contribution is 2.32. The summed E-state index contributed by atoms with van der Waals surface area (Å²) in [6, 6.07) is 16.4. The summed E-state index contributed by atoms with van der Waals surface area (Å²) < 4.78 is 1.77. The number of hydrogen-bond acceptors (Lipinski definition) is 6. The van der Waals surface area contributed by atoms with Crippen LogP contribution in [0.5, 0.6) is 0 Å². The first-order valence-electron chi connectivity index (χ1n) is 7.57. The van der Waals surface area contributed by atoms with Gasteiger partial charge < -0.3 is 5.43 Å². The highest BCUT2D eigenvalue weighted by atomic mass is 32.2. The first-order valence-corrected chi connectivity index (χ1v) is 8.45. The van der Waals surface area contributed by atoms with Crippen molar-refractivity contribution in [1.29, 1.82) is 0 Å². The third-order valence-corrected chi connectivity index (χ3v) is 4.69. The first-order chi connectivity index (χ1) is 12.2. The average Bonchev–Trinajstić information content (AvgIpc) is 3.21. The molecule has 0 amide bonds. The Bertz CT molecular complexity index is 955. The van der Waals surface area contributed by atoms with Crippen molar-refractivity contribution in [2.45, 2.75) is 10.5 Å². The SMILES string of the molecule is O=[N+]([O-])c1cccc(-c2nnc3n2N[C@H](/C=C/c2ccccc2)S3)c1. The summed E-state index contributed by atoms with van der Waals surface area (Å²) >= 11 is 1.54. The van der Waals surface area contributed by atoms with E-state index in [1.807, 2.05) is 42.5 Å². The Morgan fingerprint density at radius 3 is 2.80 bits per heavy atom. The summed E-state index contributed by atoms with van der Waals surface area (Å²) in [6.07, 6.45) is 4.09. The van der Waals surface area contributed by atoms with E-state index in [0.29, 0.717) is 11.4 Å². The predicted octanol–water partition coefficient (Wildman–Crippen LogP) is 3.54. The molecule has 124 valence electrons. The Balaban J connectivity index is 1.57. The number of aromatic nitrogens is 3. The van der Waals surface area contributed by atoms with Gasteiger partial charge in [0.2, 0.25) is 5.16 Å². The molecule has 0 unspecified atom stereocenters. The summed E-state index contributed by atoms with van der Waals surface area (Å²) in [7, 11) is 0. The highest BCUT2D eigenvalue weighted by molar-refractivity contribution is 8.00. The maximum Gasteiger partial charge on any atom is 0.270 e. The minimum Gasteiger partial charge on any atom is -0.304 e. The van der Waals surface area contributed by atoms with Crippen molar-refractivity contribution in [2.75, 3.05) is 5.43 Å². The van der Waals surface area contributed by atoms with Gasteiger partial charge in [0.15, 0.2) is 5.82 Å². The minimum atomic E-state index is -0.418. The van der Waals surface area contributed by atoms with Gasteiger partial charge in [0.1, 0.15) is 5.37 Å². The molecule has 4 rings (SSSR count). The summed E-state index contributed by atoms with van der Waals surface area (Å²) in [5, 5.41) is 20.0. The van der Waals surface area contributed by atoms with Gasteiger partial charge in [-0.05, 0) is 11.6 Å². The molecule has 0 saturated heterocycles. The van der Waals surface area contributed by atoms with Crippen LogP contribution in [-0.4, -0.2) is 25.2 Å². The van der Waals surface area contributed by atoms with Gasteiger partial charge in [-0.3, -0.25) is 10.1 Å². The molecule has 1 atom stereocenters. The molecule has 7 nitrogen and oxygen atoms in total. The van der Waals surface area contributed by atoms with Gasteiger partial charge in [0.25, 0.3) is 5.69 Å². The van der Waals surface area contributed by atoms with E-state index in [4.69, 9.17) is 0 Å². The van der Waals surface area contributed by atoms with Crippen LogP contribution in [0.4, 0.5) is 5.69 Å².